The second-order valence-corrected chi connectivity index (χ2v) is 5.12. The molecule has 1 unspecified atom stereocenters. The van der Waals surface area contributed by atoms with E-state index in [1.54, 1.807) is 11.6 Å². The Morgan fingerprint density at radius 2 is 2.13 bits per heavy atom. The fourth-order valence-corrected chi connectivity index (χ4v) is 2.06. The highest BCUT2D eigenvalue weighted by atomic mass is 35.5. The highest BCUT2D eigenvalue weighted by Gasteiger charge is 2.20. The second-order valence-electron chi connectivity index (χ2n) is 4.71. The summed E-state index contributed by atoms with van der Waals surface area (Å²) in [6.45, 7) is 4.16. The van der Waals surface area contributed by atoms with Crippen molar-refractivity contribution >= 4 is 29.1 Å². The minimum absolute atomic E-state index is 0.0695. The largest absolute Gasteiger partial charge is 0.338 e. The Kier molecular flexibility index (Phi) is 5.28. The molecule has 2 rings (SSSR count). The maximum atomic E-state index is 13.3. The highest BCUT2D eigenvalue weighted by Crippen LogP contribution is 2.18. The van der Waals surface area contributed by atoms with Gasteiger partial charge in [0.2, 0.25) is 0 Å². The number of nitrogens with zero attached hydrogens (tertiary/aromatic N) is 3. The van der Waals surface area contributed by atoms with Gasteiger partial charge in [-0.2, -0.15) is 5.10 Å². The van der Waals surface area contributed by atoms with Crippen LogP contribution in [0.4, 0.5) is 10.1 Å². The van der Waals surface area contributed by atoms with E-state index < -0.39 is 23.7 Å². The van der Waals surface area contributed by atoms with E-state index in [1.807, 2.05) is 6.92 Å². The molecule has 0 radical (unpaired) electrons. The first-order valence-electron chi connectivity index (χ1n) is 6.87. The Bertz CT molecular complexity index is 734. The Hall–Kier alpha value is -2.48. The van der Waals surface area contributed by atoms with Crippen LogP contribution in [0.3, 0.4) is 0 Å². The zero-order valence-corrected chi connectivity index (χ0v) is 13.3. The lowest BCUT2D eigenvalue weighted by molar-refractivity contribution is -0.136. The Balaban J connectivity index is 1.99. The fraction of sp³-hybridized carbons (Fsp3) is 0.286. The van der Waals surface area contributed by atoms with Crippen molar-refractivity contribution in [2.45, 2.75) is 26.4 Å². The van der Waals surface area contributed by atoms with Crippen LogP contribution in [0.2, 0.25) is 5.02 Å². The minimum atomic E-state index is -0.916. The molecule has 0 spiro atoms. The quantitative estimate of drug-likeness (QED) is 0.833. The topological polar surface area (TPSA) is 88.9 Å². The number of hydrogen-bond donors (Lipinski definition) is 2. The molecular weight excluding hydrogens is 325 g/mol. The first kappa shape index (κ1) is 16.9. The number of carbonyl (C=O) groups excluding carboxylic acids is 2. The van der Waals surface area contributed by atoms with Gasteiger partial charge >= 0.3 is 11.8 Å². The molecule has 0 aliphatic heterocycles. The van der Waals surface area contributed by atoms with Crippen LogP contribution in [-0.4, -0.2) is 26.6 Å². The van der Waals surface area contributed by atoms with E-state index in [9.17, 15) is 14.0 Å². The van der Waals surface area contributed by atoms with Crippen molar-refractivity contribution in [2.75, 3.05) is 5.32 Å². The van der Waals surface area contributed by atoms with Gasteiger partial charge in [0.05, 0.1) is 11.1 Å². The number of amides is 2. The maximum absolute atomic E-state index is 13.3. The monoisotopic (exact) mass is 339 g/mol. The van der Waals surface area contributed by atoms with Crippen molar-refractivity contribution in [3.63, 3.8) is 0 Å². The van der Waals surface area contributed by atoms with Gasteiger partial charge in [0.1, 0.15) is 18.0 Å². The molecule has 1 aromatic carbocycles. The number of anilines is 1. The highest BCUT2D eigenvalue weighted by molar-refractivity contribution is 6.39. The lowest BCUT2D eigenvalue weighted by Crippen LogP contribution is -2.37. The fourth-order valence-electron chi connectivity index (χ4n) is 1.94. The number of aromatic nitrogens is 3. The molecule has 9 heteroatoms. The number of hydrogen-bond acceptors (Lipinski definition) is 4. The van der Waals surface area contributed by atoms with Crippen LogP contribution in [0.15, 0.2) is 24.5 Å². The first-order valence-corrected chi connectivity index (χ1v) is 7.24. The number of aryl methyl sites for hydroxylation is 1. The molecule has 2 amide bonds. The van der Waals surface area contributed by atoms with Crippen LogP contribution in [0.25, 0.3) is 0 Å². The minimum Gasteiger partial charge on any atom is -0.338 e. The second kappa shape index (κ2) is 7.19. The summed E-state index contributed by atoms with van der Waals surface area (Å²) in [7, 11) is 0. The van der Waals surface area contributed by atoms with Crippen LogP contribution in [0.5, 0.6) is 0 Å². The SMILES string of the molecule is CCn1ncnc1C(C)NC(=O)C(=O)Nc1ccc(Cl)c(F)c1. The van der Waals surface area contributed by atoms with Gasteiger partial charge in [-0.25, -0.2) is 14.1 Å². The predicted molar refractivity (Wildman–Crippen MR) is 82.3 cm³/mol. The number of benzene rings is 1. The number of halogens is 2. The molecule has 0 aliphatic rings. The maximum Gasteiger partial charge on any atom is 0.313 e. The molecule has 0 bridgehead atoms. The summed E-state index contributed by atoms with van der Waals surface area (Å²) in [6.07, 6.45) is 1.37. The first-order chi connectivity index (χ1) is 10.9. The Labute approximate surface area is 136 Å². The molecule has 7 nitrogen and oxygen atoms in total. The standard InChI is InChI=1S/C14H15ClFN5O2/c1-3-21-12(17-7-18-21)8(2)19-13(22)14(23)20-9-4-5-10(15)11(16)6-9/h4-8H,3H2,1-2H3,(H,19,22)(H,20,23). The number of rotatable bonds is 4. The molecule has 122 valence electrons. The molecule has 2 N–H and O–H groups in total. The normalized spacial score (nSPS) is 11.8. The molecule has 0 saturated carbocycles. The third-order valence-electron chi connectivity index (χ3n) is 3.06. The van der Waals surface area contributed by atoms with Crippen molar-refractivity contribution in [3.05, 3.63) is 41.2 Å². The van der Waals surface area contributed by atoms with Gasteiger partial charge in [-0.3, -0.25) is 9.59 Å². The zero-order chi connectivity index (χ0) is 17.0. The van der Waals surface area contributed by atoms with Crippen molar-refractivity contribution in [1.29, 1.82) is 0 Å². The van der Waals surface area contributed by atoms with Gasteiger partial charge in [0, 0.05) is 12.2 Å². The van der Waals surface area contributed by atoms with Crippen LogP contribution < -0.4 is 10.6 Å². The van der Waals surface area contributed by atoms with Gasteiger partial charge in [-0.15, -0.1) is 0 Å². The van der Waals surface area contributed by atoms with Crippen LogP contribution in [0, 0.1) is 5.82 Å². The predicted octanol–water partition coefficient (Wildman–Crippen LogP) is 1.91. The summed E-state index contributed by atoms with van der Waals surface area (Å²) >= 11 is 5.55. The van der Waals surface area contributed by atoms with Crippen LogP contribution in [0.1, 0.15) is 25.7 Å². The van der Waals surface area contributed by atoms with Crippen molar-refractivity contribution in [2.24, 2.45) is 0 Å². The van der Waals surface area contributed by atoms with E-state index >= 15 is 0 Å². The molecule has 1 aromatic heterocycles. The summed E-state index contributed by atoms with van der Waals surface area (Å²) < 4.78 is 14.9. The van der Waals surface area contributed by atoms with E-state index in [0.29, 0.717) is 12.4 Å². The molecule has 1 atom stereocenters. The summed E-state index contributed by atoms with van der Waals surface area (Å²) in [5, 5.41) is 8.73. The van der Waals surface area contributed by atoms with E-state index in [-0.39, 0.29) is 10.7 Å². The van der Waals surface area contributed by atoms with Gasteiger partial charge in [0.15, 0.2) is 0 Å². The molecule has 0 fully saturated rings. The number of carbonyl (C=O) groups is 2. The third kappa shape index (κ3) is 4.04. The molecule has 1 heterocycles. The zero-order valence-electron chi connectivity index (χ0n) is 12.5. The van der Waals surface area contributed by atoms with Crippen molar-refractivity contribution < 1.29 is 14.0 Å². The molecule has 0 saturated heterocycles. The van der Waals surface area contributed by atoms with Gasteiger partial charge < -0.3 is 10.6 Å². The van der Waals surface area contributed by atoms with Crippen molar-refractivity contribution in [1.82, 2.24) is 20.1 Å². The lowest BCUT2D eigenvalue weighted by Gasteiger charge is -2.13. The smallest absolute Gasteiger partial charge is 0.313 e. The number of nitrogens with one attached hydrogen (secondary N) is 2. The molecule has 2 aromatic rings. The average Bonchev–Trinajstić information content (AvgIpc) is 2.99. The molecular formula is C14H15ClFN5O2. The molecule has 23 heavy (non-hydrogen) atoms. The Morgan fingerprint density at radius 1 is 1.39 bits per heavy atom. The van der Waals surface area contributed by atoms with Crippen LogP contribution in [-0.2, 0) is 16.1 Å². The third-order valence-corrected chi connectivity index (χ3v) is 3.37. The average molecular weight is 340 g/mol. The van der Waals surface area contributed by atoms with Crippen molar-refractivity contribution in [3.8, 4) is 0 Å². The van der Waals surface area contributed by atoms with E-state index in [0.717, 1.165) is 6.07 Å². The lowest BCUT2D eigenvalue weighted by atomic mass is 10.3. The summed E-state index contributed by atoms with van der Waals surface area (Å²) in [5.74, 6) is -1.93. The van der Waals surface area contributed by atoms with E-state index in [2.05, 4.69) is 20.7 Å². The summed E-state index contributed by atoms with van der Waals surface area (Å²) in [6, 6.07) is 3.22. The van der Waals surface area contributed by atoms with Gasteiger partial charge in [-0.1, -0.05) is 11.6 Å². The summed E-state index contributed by atoms with van der Waals surface area (Å²) in [4.78, 5) is 27.8. The van der Waals surface area contributed by atoms with E-state index in [4.69, 9.17) is 11.6 Å². The van der Waals surface area contributed by atoms with Gasteiger partial charge in [0.25, 0.3) is 0 Å². The van der Waals surface area contributed by atoms with Crippen LogP contribution >= 0.6 is 11.6 Å². The van der Waals surface area contributed by atoms with Gasteiger partial charge in [-0.05, 0) is 32.0 Å². The van der Waals surface area contributed by atoms with E-state index in [1.165, 1.54) is 18.5 Å². The summed E-state index contributed by atoms with van der Waals surface area (Å²) in [5.41, 5.74) is 0.136. The Morgan fingerprint density at radius 3 is 2.78 bits per heavy atom. The molecule has 0 aliphatic carbocycles.